The average molecular weight is 272 g/mol. The molecule has 0 saturated carbocycles. The minimum absolute atomic E-state index is 0. The minimum Gasteiger partial charge on any atom is -1.00 e. The molecule has 0 fully saturated rings. The van der Waals surface area contributed by atoms with Gasteiger partial charge in [-0.3, -0.25) is 0 Å². The van der Waals surface area contributed by atoms with Crippen LogP contribution in [0.3, 0.4) is 0 Å². The van der Waals surface area contributed by atoms with Gasteiger partial charge in [0.05, 0.1) is 0 Å². The number of hydrogen-bond acceptors (Lipinski definition) is 0. The molecule has 64 valence electrons. The number of hydrogen-bond donors (Lipinski definition) is 0. The Bertz CT molecular complexity index is 25.0. The van der Waals surface area contributed by atoms with E-state index in [1.54, 1.807) is 0 Å². The molecule has 10 heavy (non-hydrogen) atoms. The first-order valence-electron chi connectivity index (χ1n) is 3.41. The van der Waals surface area contributed by atoms with Crippen molar-refractivity contribution >= 4 is 23.9 Å². The van der Waals surface area contributed by atoms with Crippen LogP contribution in [0.2, 0.25) is 0 Å². The van der Waals surface area contributed by atoms with E-state index in [2.05, 4.69) is 27.7 Å². The zero-order chi connectivity index (χ0) is 6.83. The second-order valence-corrected chi connectivity index (χ2v) is 1.71. The van der Waals surface area contributed by atoms with Gasteiger partial charge in [-0.1, -0.05) is 53.4 Å². The summed E-state index contributed by atoms with van der Waals surface area (Å²) in [4.78, 5) is 0. The van der Waals surface area contributed by atoms with Gasteiger partial charge in [0.2, 0.25) is 0 Å². The Hall–Kier alpha value is 1.09. The van der Waals surface area contributed by atoms with Crippen molar-refractivity contribution in [1.29, 1.82) is 0 Å². The van der Waals surface area contributed by atoms with Gasteiger partial charge in [0.1, 0.15) is 0 Å². The van der Waals surface area contributed by atoms with Crippen molar-refractivity contribution in [1.82, 2.24) is 0 Å². The van der Waals surface area contributed by atoms with Gasteiger partial charge in [0.25, 0.3) is 0 Å². The maximum absolute atomic E-state index is 3.60. The van der Waals surface area contributed by atoms with E-state index in [0.29, 0.717) is 0 Å². The predicted molar refractivity (Wildman–Crippen MR) is 50.5 cm³/mol. The smallest absolute Gasteiger partial charge is 1.00 e. The van der Waals surface area contributed by atoms with Crippen molar-refractivity contribution in [3.63, 3.8) is 0 Å². The minimum atomic E-state index is 0. The molecule has 0 aromatic carbocycles. The fourth-order valence-electron chi connectivity index (χ4n) is 0. The molecule has 0 aliphatic carbocycles. The van der Waals surface area contributed by atoms with Crippen molar-refractivity contribution in [3.8, 4) is 0 Å². The standard InChI is InChI=1S/2C4H9.ClH.Sn.2H2/c2*1-3-4-2;;;;/h2*1,3-4H2,2H3;1H;;2*1H/q;;;+2;;/p-1. The number of unbranched alkanes of at least 4 members (excludes halogenated alkanes) is 2. The van der Waals surface area contributed by atoms with Gasteiger partial charge in [-0.25, -0.2) is 0 Å². The largest absolute Gasteiger partial charge is 2.00 e. The Kier molecular flexibility index (Phi) is 72.3. The summed E-state index contributed by atoms with van der Waals surface area (Å²) in [6.07, 6.45) is 4.56. The fraction of sp³-hybridized carbons (Fsp3) is 0.750. The van der Waals surface area contributed by atoms with Crippen molar-refractivity contribution in [2.24, 2.45) is 0 Å². The summed E-state index contributed by atoms with van der Waals surface area (Å²) in [7, 11) is 0. The van der Waals surface area contributed by atoms with Crippen LogP contribution in [0.15, 0.2) is 0 Å². The first kappa shape index (κ1) is 22.5. The zero-order valence-corrected chi connectivity index (χ0v) is 10.7. The average Bonchev–Trinajstić information content (AvgIpc) is 1.88. The normalized spacial score (nSPS) is 6.00. The van der Waals surface area contributed by atoms with Crippen LogP contribution in [0, 0.1) is 13.8 Å². The molecule has 0 saturated heterocycles. The molecule has 0 spiro atoms. The summed E-state index contributed by atoms with van der Waals surface area (Å²) >= 11 is 0. The maximum Gasteiger partial charge on any atom is 2.00 e. The van der Waals surface area contributed by atoms with Crippen LogP contribution >= 0.6 is 0 Å². The van der Waals surface area contributed by atoms with E-state index >= 15 is 0 Å². The zero-order valence-electron chi connectivity index (χ0n) is 7.12. The summed E-state index contributed by atoms with van der Waals surface area (Å²) in [6.45, 7) is 11.4. The molecule has 0 aliphatic heterocycles. The van der Waals surface area contributed by atoms with Crippen molar-refractivity contribution in [2.45, 2.75) is 39.5 Å². The van der Waals surface area contributed by atoms with E-state index in [1.807, 2.05) is 0 Å². The number of halogens is 1. The SMILES string of the molecule is [CH2]CCC.[CH2]CCC.[Cl-].[HH].[HH].[Sn+2]. The summed E-state index contributed by atoms with van der Waals surface area (Å²) in [6, 6.07) is 0. The monoisotopic (exact) mass is 273 g/mol. The van der Waals surface area contributed by atoms with Gasteiger partial charge >= 0.3 is 23.9 Å². The summed E-state index contributed by atoms with van der Waals surface area (Å²) < 4.78 is 0. The molecule has 0 atom stereocenters. The fourth-order valence-corrected chi connectivity index (χ4v) is 0. The third-order valence-electron chi connectivity index (χ3n) is 0.707. The van der Waals surface area contributed by atoms with E-state index in [0.717, 1.165) is 12.8 Å². The van der Waals surface area contributed by atoms with Crippen LogP contribution in [-0.2, 0) is 0 Å². The second-order valence-electron chi connectivity index (χ2n) is 1.71. The Morgan fingerprint density at radius 1 is 1.00 bits per heavy atom. The topological polar surface area (TPSA) is 0 Å². The van der Waals surface area contributed by atoms with E-state index in [4.69, 9.17) is 0 Å². The molecule has 0 N–H and O–H groups in total. The van der Waals surface area contributed by atoms with Gasteiger partial charge in [-0.2, -0.15) is 0 Å². The molecule has 0 heterocycles. The molecule has 0 bridgehead atoms. The molecule has 0 aromatic rings. The van der Waals surface area contributed by atoms with E-state index < -0.39 is 0 Å². The summed E-state index contributed by atoms with van der Waals surface area (Å²) in [5.74, 6) is 0. The Labute approximate surface area is 92.5 Å². The third-order valence-corrected chi connectivity index (χ3v) is 0.707. The van der Waals surface area contributed by atoms with Gasteiger partial charge in [0.15, 0.2) is 0 Å². The van der Waals surface area contributed by atoms with Crippen LogP contribution in [0.25, 0.3) is 0 Å². The van der Waals surface area contributed by atoms with Gasteiger partial charge in [0, 0.05) is 2.85 Å². The molecular formula is C8H22ClSn+. The molecule has 2 heteroatoms. The van der Waals surface area contributed by atoms with Crippen molar-refractivity contribution in [2.75, 3.05) is 0 Å². The second kappa shape index (κ2) is 32.2. The summed E-state index contributed by atoms with van der Waals surface area (Å²) in [5, 5.41) is 0. The molecule has 0 aromatic heterocycles. The van der Waals surface area contributed by atoms with Gasteiger partial charge < -0.3 is 12.4 Å². The van der Waals surface area contributed by atoms with Crippen LogP contribution in [0.1, 0.15) is 42.4 Å². The molecule has 0 rings (SSSR count). The van der Waals surface area contributed by atoms with Crippen molar-refractivity contribution < 1.29 is 15.3 Å². The predicted octanol–water partition coefficient (Wildman–Crippen LogP) is 0.356. The van der Waals surface area contributed by atoms with Crippen LogP contribution < -0.4 is 12.4 Å². The van der Waals surface area contributed by atoms with Crippen LogP contribution in [-0.4, -0.2) is 23.9 Å². The first-order valence-corrected chi connectivity index (χ1v) is 3.41. The molecule has 0 nitrogen and oxygen atoms in total. The Morgan fingerprint density at radius 2 is 1.10 bits per heavy atom. The Morgan fingerprint density at radius 3 is 1.10 bits per heavy atom. The molecule has 0 aliphatic rings. The van der Waals surface area contributed by atoms with Crippen molar-refractivity contribution in [3.05, 3.63) is 13.8 Å². The molecule has 0 unspecified atom stereocenters. The Balaban J connectivity index is -0.0000000112. The molecular weight excluding hydrogens is 250 g/mol. The van der Waals surface area contributed by atoms with Crippen LogP contribution in [0.5, 0.6) is 0 Å². The first-order chi connectivity index (χ1) is 3.83. The van der Waals surface area contributed by atoms with Crippen LogP contribution in [0.4, 0.5) is 0 Å². The molecule has 0 amide bonds. The van der Waals surface area contributed by atoms with E-state index in [9.17, 15) is 0 Å². The number of rotatable bonds is 2. The molecule has 4 radical (unpaired) electrons. The maximum atomic E-state index is 3.60. The third kappa shape index (κ3) is 62.3. The quantitative estimate of drug-likeness (QED) is 0.637. The van der Waals surface area contributed by atoms with Gasteiger partial charge in [-0.05, 0) is 0 Å². The van der Waals surface area contributed by atoms with E-state index in [-0.39, 0.29) is 39.2 Å². The van der Waals surface area contributed by atoms with Gasteiger partial charge in [-0.15, -0.1) is 0 Å². The summed E-state index contributed by atoms with van der Waals surface area (Å²) in [5.41, 5.74) is 0. The van der Waals surface area contributed by atoms with E-state index in [1.165, 1.54) is 12.8 Å².